The zero-order valence-electron chi connectivity index (χ0n) is 8.00. The summed E-state index contributed by atoms with van der Waals surface area (Å²) in [6.45, 7) is 0. The number of alkyl halides is 3. The van der Waals surface area contributed by atoms with E-state index in [2.05, 4.69) is 5.14 Å². The van der Waals surface area contributed by atoms with Crippen molar-refractivity contribution in [3.05, 3.63) is 33.8 Å². The fourth-order valence-electron chi connectivity index (χ4n) is 1.26. The molecule has 0 saturated carbocycles. The summed E-state index contributed by atoms with van der Waals surface area (Å²) in [5.41, 5.74) is -0.686. The van der Waals surface area contributed by atoms with Crippen LogP contribution < -0.4 is 5.14 Å². The van der Waals surface area contributed by atoms with Crippen LogP contribution in [-0.2, 0) is 10.0 Å². The van der Waals surface area contributed by atoms with E-state index in [1.54, 1.807) is 0 Å². The van der Waals surface area contributed by atoms with E-state index in [0.717, 1.165) is 12.1 Å². The second kappa shape index (κ2) is 4.64. The molecule has 9 heteroatoms. The van der Waals surface area contributed by atoms with Gasteiger partial charge in [-0.2, -0.15) is 13.2 Å². The third kappa shape index (κ3) is 3.48. The van der Waals surface area contributed by atoms with Gasteiger partial charge in [0.2, 0.25) is 10.0 Å². The topological polar surface area (TPSA) is 60.2 Å². The molecule has 2 N–H and O–H groups in total. The Bertz CT molecular complexity index is 530. The zero-order chi connectivity index (χ0) is 13.4. The van der Waals surface area contributed by atoms with Crippen LogP contribution in [0.5, 0.6) is 0 Å². The third-order valence-corrected chi connectivity index (χ3v) is 3.62. The first-order valence-electron chi connectivity index (χ1n) is 4.07. The average molecular weight is 308 g/mol. The van der Waals surface area contributed by atoms with Crippen LogP contribution in [0, 0.1) is 0 Å². The molecular weight excluding hydrogens is 302 g/mol. The van der Waals surface area contributed by atoms with Crippen molar-refractivity contribution in [2.75, 3.05) is 0 Å². The van der Waals surface area contributed by atoms with Crippen molar-refractivity contribution in [1.82, 2.24) is 0 Å². The normalized spacial score (nSPS) is 14.7. The molecule has 3 nitrogen and oxygen atoms in total. The summed E-state index contributed by atoms with van der Waals surface area (Å²) in [5, 5.41) is 1.24. The Labute approximate surface area is 105 Å². The van der Waals surface area contributed by atoms with Crippen LogP contribution in [-0.4, -0.2) is 14.6 Å². The van der Waals surface area contributed by atoms with Gasteiger partial charge in [-0.25, -0.2) is 13.6 Å². The number of hydrogen-bond donors (Lipinski definition) is 1. The number of sulfonamides is 1. The Balaban J connectivity index is 3.49. The van der Waals surface area contributed by atoms with Gasteiger partial charge in [0.25, 0.3) is 0 Å². The van der Waals surface area contributed by atoms with Crippen LogP contribution in [0.3, 0.4) is 0 Å². The van der Waals surface area contributed by atoms with E-state index in [9.17, 15) is 21.6 Å². The smallest absolute Gasteiger partial charge is 0.228 e. The van der Waals surface area contributed by atoms with Crippen molar-refractivity contribution in [2.24, 2.45) is 5.14 Å². The quantitative estimate of drug-likeness (QED) is 0.913. The maximum atomic E-state index is 12.7. The summed E-state index contributed by atoms with van der Waals surface area (Å²) >= 11 is 11.0. The minimum Gasteiger partial charge on any atom is -0.228 e. The van der Waals surface area contributed by atoms with Crippen LogP contribution in [0.15, 0.2) is 18.2 Å². The molecule has 17 heavy (non-hydrogen) atoms. The van der Waals surface area contributed by atoms with Gasteiger partial charge in [0, 0.05) is 15.6 Å². The molecule has 0 bridgehead atoms. The first-order chi connectivity index (χ1) is 7.53. The summed E-state index contributed by atoms with van der Waals surface area (Å²) in [6.07, 6.45) is -5.07. The molecule has 0 aliphatic heterocycles. The van der Waals surface area contributed by atoms with Gasteiger partial charge < -0.3 is 0 Å². The molecule has 1 rings (SSSR count). The summed E-state index contributed by atoms with van der Waals surface area (Å²) in [6, 6.07) is 3.14. The molecular formula is C8H6Cl2F3NO2S. The van der Waals surface area contributed by atoms with Crippen LogP contribution in [0.25, 0.3) is 0 Å². The molecule has 0 aliphatic rings. The van der Waals surface area contributed by atoms with Gasteiger partial charge in [-0.1, -0.05) is 23.2 Å². The van der Waals surface area contributed by atoms with Crippen LogP contribution in [0.2, 0.25) is 10.0 Å². The lowest BCUT2D eigenvalue weighted by Gasteiger charge is -2.19. The largest absolute Gasteiger partial charge is 0.410 e. The Hall–Kier alpha value is -0.500. The van der Waals surface area contributed by atoms with E-state index < -0.39 is 27.0 Å². The number of rotatable bonds is 2. The third-order valence-electron chi connectivity index (χ3n) is 1.87. The number of nitrogens with two attached hydrogens (primary N) is 1. The standard InChI is InChI=1S/C8H6Cl2F3NO2S/c9-4-1-2-6(10)5(3-4)7(8(11,12)13)17(14,15)16/h1-3,7H,(H2,14,15,16). The van der Waals surface area contributed by atoms with Crippen molar-refractivity contribution >= 4 is 33.2 Å². The molecule has 0 saturated heterocycles. The summed E-state index contributed by atoms with van der Waals surface area (Å²) in [7, 11) is -4.88. The predicted octanol–water partition coefficient (Wildman–Crippen LogP) is 2.89. The lowest BCUT2D eigenvalue weighted by atomic mass is 10.1. The predicted molar refractivity (Wildman–Crippen MR) is 58.4 cm³/mol. The number of halogens is 5. The van der Waals surface area contributed by atoms with Gasteiger partial charge in [0.15, 0.2) is 5.25 Å². The number of primary sulfonamides is 1. The lowest BCUT2D eigenvalue weighted by Crippen LogP contribution is -2.33. The summed E-state index contributed by atoms with van der Waals surface area (Å²) in [5.74, 6) is 0. The van der Waals surface area contributed by atoms with Gasteiger partial charge in [0.1, 0.15) is 0 Å². The summed E-state index contributed by atoms with van der Waals surface area (Å²) < 4.78 is 60.0. The zero-order valence-corrected chi connectivity index (χ0v) is 10.3. The van der Waals surface area contributed by atoms with Crippen molar-refractivity contribution in [2.45, 2.75) is 11.4 Å². The second-order valence-corrected chi connectivity index (χ2v) is 5.67. The number of hydrogen-bond acceptors (Lipinski definition) is 2. The highest BCUT2D eigenvalue weighted by molar-refractivity contribution is 7.89. The first-order valence-corrected chi connectivity index (χ1v) is 6.43. The van der Waals surface area contributed by atoms with E-state index in [0.29, 0.717) is 0 Å². The van der Waals surface area contributed by atoms with E-state index in [1.807, 2.05) is 0 Å². The maximum Gasteiger partial charge on any atom is 0.410 e. The van der Waals surface area contributed by atoms with Crippen molar-refractivity contribution in [3.63, 3.8) is 0 Å². The van der Waals surface area contributed by atoms with Gasteiger partial charge in [0.05, 0.1) is 0 Å². The molecule has 1 atom stereocenters. The lowest BCUT2D eigenvalue weighted by molar-refractivity contribution is -0.131. The monoisotopic (exact) mass is 307 g/mol. The minimum absolute atomic E-state index is 0.0673. The molecule has 0 heterocycles. The molecule has 1 aromatic rings. The highest BCUT2D eigenvalue weighted by Crippen LogP contribution is 2.41. The first kappa shape index (κ1) is 14.6. The fraction of sp³-hybridized carbons (Fsp3) is 0.250. The Morgan fingerprint density at radius 3 is 2.18 bits per heavy atom. The molecule has 1 unspecified atom stereocenters. The van der Waals surface area contributed by atoms with Crippen molar-refractivity contribution < 1.29 is 21.6 Å². The molecule has 0 spiro atoms. The molecule has 0 amide bonds. The van der Waals surface area contributed by atoms with Crippen LogP contribution in [0.1, 0.15) is 10.8 Å². The fourth-order valence-corrected chi connectivity index (χ4v) is 2.65. The van der Waals surface area contributed by atoms with Gasteiger partial charge in [-0.05, 0) is 18.2 Å². The van der Waals surface area contributed by atoms with Gasteiger partial charge in [-0.3, -0.25) is 0 Å². The molecule has 96 valence electrons. The Kier molecular flexibility index (Phi) is 3.97. The highest BCUT2D eigenvalue weighted by Gasteiger charge is 2.49. The van der Waals surface area contributed by atoms with Crippen molar-refractivity contribution in [3.8, 4) is 0 Å². The van der Waals surface area contributed by atoms with Crippen LogP contribution in [0.4, 0.5) is 13.2 Å². The molecule has 0 aromatic heterocycles. The molecule has 0 aliphatic carbocycles. The molecule has 1 aromatic carbocycles. The maximum absolute atomic E-state index is 12.7. The minimum atomic E-state index is -5.07. The highest BCUT2D eigenvalue weighted by atomic mass is 35.5. The number of benzene rings is 1. The Morgan fingerprint density at radius 2 is 1.76 bits per heavy atom. The van der Waals surface area contributed by atoms with E-state index in [1.165, 1.54) is 6.07 Å². The van der Waals surface area contributed by atoms with Crippen molar-refractivity contribution in [1.29, 1.82) is 0 Å². The SMILES string of the molecule is NS(=O)(=O)C(c1cc(Cl)ccc1Cl)C(F)(F)F. The summed E-state index contributed by atoms with van der Waals surface area (Å²) in [4.78, 5) is 0. The molecule has 0 fully saturated rings. The van der Waals surface area contributed by atoms with Gasteiger partial charge >= 0.3 is 6.18 Å². The average Bonchev–Trinajstić information content (AvgIpc) is 2.06. The van der Waals surface area contributed by atoms with E-state index in [4.69, 9.17) is 23.2 Å². The Morgan fingerprint density at radius 1 is 1.24 bits per heavy atom. The van der Waals surface area contributed by atoms with Gasteiger partial charge in [-0.15, -0.1) is 0 Å². The second-order valence-electron chi connectivity index (χ2n) is 3.18. The van der Waals surface area contributed by atoms with E-state index in [-0.39, 0.29) is 10.0 Å². The van der Waals surface area contributed by atoms with E-state index >= 15 is 0 Å². The van der Waals surface area contributed by atoms with Crippen LogP contribution >= 0.6 is 23.2 Å². The molecule has 0 radical (unpaired) electrons.